The molecule has 0 radical (unpaired) electrons. The molecule has 0 spiro atoms. The van der Waals surface area contributed by atoms with Gasteiger partial charge >= 0.3 is 5.97 Å². The first kappa shape index (κ1) is 27.4. The number of carboxylic acids is 1. The summed E-state index contributed by atoms with van der Waals surface area (Å²) in [6.45, 7) is 2.79. The minimum absolute atomic E-state index is 0.00807. The van der Waals surface area contributed by atoms with Crippen molar-refractivity contribution in [3.8, 4) is 22.6 Å². The van der Waals surface area contributed by atoms with Crippen LogP contribution >= 0.6 is 11.6 Å². The van der Waals surface area contributed by atoms with Crippen LogP contribution in [0.5, 0.6) is 11.5 Å². The number of halogens is 3. The molecule has 2 aliphatic rings. The zero-order valence-electron chi connectivity index (χ0n) is 22.9. The Morgan fingerprint density at radius 1 is 1.07 bits per heavy atom. The van der Waals surface area contributed by atoms with Gasteiger partial charge in [-0.2, -0.15) is 0 Å². The van der Waals surface area contributed by atoms with Gasteiger partial charge < -0.3 is 23.9 Å². The van der Waals surface area contributed by atoms with Gasteiger partial charge in [-0.15, -0.1) is 0 Å². The van der Waals surface area contributed by atoms with Crippen molar-refractivity contribution in [3.63, 3.8) is 0 Å². The molecule has 2 atom stereocenters. The molecular formula is C33H25ClF2N2O5. The first-order valence-corrected chi connectivity index (χ1v) is 14.2. The molecule has 5 aromatic rings. The fraction of sp³-hybridized carbons (Fsp3) is 0.212. The van der Waals surface area contributed by atoms with Crippen molar-refractivity contribution in [2.45, 2.75) is 38.2 Å². The normalized spacial score (nSPS) is 19.0. The standard InChI is InChI=1S/C33H25ClF2N2O5/c1-33(24-9-8-21(34)16-26(24)36)42-29-4-2-3-23(31(29)43-33)18-5-6-19(25(35)13-18)15-30-37-27-10-7-20(32(39)40)14-28(27)38(30)17-22-11-12-41-22/h2-10,13-14,16,22H,11-12,15,17H2,1H3,(H,39,40)/t22-,33?/m0/s1. The van der Waals surface area contributed by atoms with Crippen molar-refractivity contribution < 1.29 is 32.9 Å². The zero-order chi connectivity index (χ0) is 29.9. The van der Waals surface area contributed by atoms with Crippen LogP contribution in [0.4, 0.5) is 8.78 Å². The molecule has 7 rings (SSSR count). The Morgan fingerprint density at radius 3 is 2.63 bits per heavy atom. The van der Waals surface area contributed by atoms with Gasteiger partial charge in [-0.05, 0) is 66.1 Å². The predicted molar refractivity (Wildman–Crippen MR) is 156 cm³/mol. The Morgan fingerprint density at radius 2 is 1.91 bits per heavy atom. The summed E-state index contributed by atoms with van der Waals surface area (Å²) in [7, 11) is 0. The Bertz CT molecular complexity index is 1920. The Hall–Kier alpha value is -4.47. The van der Waals surface area contributed by atoms with E-state index in [4.69, 9.17) is 30.8 Å². The molecule has 43 heavy (non-hydrogen) atoms. The highest BCUT2D eigenvalue weighted by Gasteiger charge is 2.42. The van der Waals surface area contributed by atoms with Crippen LogP contribution in [0, 0.1) is 11.6 Å². The highest BCUT2D eigenvalue weighted by atomic mass is 35.5. The number of fused-ring (bicyclic) bond motifs is 2. The number of hydrogen-bond donors (Lipinski definition) is 1. The lowest BCUT2D eigenvalue weighted by molar-refractivity contribution is -0.0705. The number of nitrogens with zero attached hydrogens (tertiary/aromatic N) is 2. The summed E-state index contributed by atoms with van der Waals surface area (Å²) < 4.78 is 50.3. The van der Waals surface area contributed by atoms with Crippen molar-refractivity contribution in [1.82, 2.24) is 9.55 Å². The first-order valence-electron chi connectivity index (χ1n) is 13.8. The highest BCUT2D eigenvalue weighted by Crippen LogP contribution is 2.49. The number of ether oxygens (including phenoxy) is 3. The fourth-order valence-electron chi connectivity index (χ4n) is 5.63. The number of aromatic carboxylic acids is 1. The van der Waals surface area contributed by atoms with Gasteiger partial charge in [-0.25, -0.2) is 18.6 Å². The van der Waals surface area contributed by atoms with Gasteiger partial charge in [0.25, 0.3) is 5.79 Å². The lowest BCUT2D eigenvalue weighted by atomic mass is 10.0. The number of aromatic nitrogens is 2. The lowest BCUT2D eigenvalue weighted by Crippen LogP contribution is -2.32. The molecule has 7 nitrogen and oxygen atoms in total. The van der Waals surface area contributed by atoms with Gasteiger partial charge in [0.2, 0.25) is 0 Å². The summed E-state index contributed by atoms with van der Waals surface area (Å²) in [4.78, 5) is 16.3. The molecule has 1 unspecified atom stereocenters. The van der Waals surface area contributed by atoms with E-state index in [1.807, 2.05) is 4.57 Å². The molecule has 1 saturated heterocycles. The summed E-state index contributed by atoms with van der Waals surface area (Å²) in [6, 6.07) is 19.2. The van der Waals surface area contributed by atoms with Crippen LogP contribution in [-0.4, -0.2) is 33.3 Å². The van der Waals surface area contributed by atoms with Crippen LogP contribution in [0.2, 0.25) is 5.02 Å². The lowest BCUT2D eigenvalue weighted by Gasteiger charge is -2.27. The topological polar surface area (TPSA) is 82.8 Å². The highest BCUT2D eigenvalue weighted by molar-refractivity contribution is 6.30. The Labute approximate surface area is 250 Å². The van der Waals surface area contributed by atoms with E-state index in [2.05, 4.69) is 0 Å². The molecule has 3 heterocycles. The van der Waals surface area contributed by atoms with Crippen molar-refractivity contribution in [2.24, 2.45) is 0 Å². The third-order valence-electron chi connectivity index (χ3n) is 7.97. The molecule has 0 saturated carbocycles. The van der Waals surface area contributed by atoms with E-state index in [0.717, 1.165) is 6.42 Å². The summed E-state index contributed by atoms with van der Waals surface area (Å²) in [5.41, 5.74) is 3.22. The van der Waals surface area contributed by atoms with E-state index >= 15 is 4.39 Å². The second-order valence-corrected chi connectivity index (χ2v) is 11.3. The summed E-state index contributed by atoms with van der Waals surface area (Å²) >= 11 is 5.93. The SMILES string of the molecule is CC1(c2ccc(Cl)cc2F)Oc2cccc(-c3ccc(Cc4nc5ccc(C(=O)O)cc5n4C[C@@H]4CCO4)c(F)c3)c2O1. The monoisotopic (exact) mass is 602 g/mol. The van der Waals surface area contributed by atoms with Gasteiger partial charge in [-0.3, -0.25) is 0 Å². The van der Waals surface area contributed by atoms with E-state index in [-0.39, 0.29) is 28.7 Å². The molecule has 0 amide bonds. The molecule has 1 N–H and O–H groups in total. The van der Waals surface area contributed by atoms with Gasteiger partial charge in [0.1, 0.15) is 17.5 Å². The average molecular weight is 603 g/mol. The van der Waals surface area contributed by atoms with E-state index in [0.29, 0.717) is 58.2 Å². The number of rotatable bonds is 7. The third-order valence-corrected chi connectivity index (χ3v) is 8.20. The van der Waals surface area contributed by atoms with E-state index in [9.17, 15) is 14.3 Å². The van der Waals surface area contributed by atoms with Gasteiger partial charge in [0.15, 0.2) is 11.5 Å². The van der Waals surface area contributed by atoms with Crippen molar-refractivity contribution in [3.05, 3.63) is 112 Å². The van der Waals surface area contributed by atoms with Crippen molar-refractivity contribution in [1.29, 1.82) is 0 Å². The van der Waals surface area contributed by atoms with Crippen LogP contribution in [-0.2, 0) is 23.5 Å². The molecule has 1 fully saturated rings. The maximum atomic E-state index is 15.7. The smallest absolute Gasteiger partial charge is 0.335 e. The molecule has 0 aliphatic carbocycles. The number of imidazole rings is 1. The number of carboxylic acid groups (broad SMARTS) is 1. The molecule has 4 aromatic carbocycles. The predicted octanol–water partition coefficient (Wildman–Crippen LogP) is 7.36. The van der Waals surface area contributed by atoms with Crippen LogP contribution in [0.25, 0.3) is 22.2 Å². The summed E-state index contributed by atoms with van der Waals surface area (Å²) in [5, 5.41) is 9.76. The minimum Gasteiger partial charge on any atom is -0.478 e. The van der Waals surface area contributed by atoms with Crippen LogP contribution < -0.4 is 9.47 Å². The van der Waals surface area contributed by atoms with E-state index in [1.54, 1.807) is 55.5 Å². The number of para-hydroxylation sites is 1. The number of hydrogen-bond acceptors (Lipinski definition) is 5. The Balaban J connectivity index is 1.20. The Kier molecular flexibility index (Phi) is 6.59. The fourth-order valence-corrected chi connectivity index (χ4v) is 5.79. The third kappa shape index (κ3) is 4.88. The van der Waals surface area contributed by atoms with Crippen molar-refractivity contribution in [2.75, 3.05) is 6.61 Å². The van der Waals surface area contributed by atoms with Crippen molar-refractivity contribution >= 4 is 28.6 Å². The second-order valence-electron chi connectivity index (χ2n) is 10.8. The number of carbonyl (C=O) groups is 1. The van der Waals surface area contributed by atoms with Gasteiger partial charge in [0.05, 0.1) is 34.8 Å². The minimum atomic E-state index is -1.44. The second kappa shape index (κ2) is 10.4. The van der Waals surface area contributed by atoms with E-state index < -0.39 is 23.4 Å². The molecule has 2 aliphatic heterocycles. The quantitative estimate of drug-likeness (QED) is 0.210. The van der Waals surface area contributed by atoms with Crippen LogP contribution in [0.15, 0.2) is 72.8 Å². The van der Waals surface area contributed by atoms with Crippen LogP contribution in [0.3, 0.4) is 0 Å². The molecule has 1 aromatic heterocycles. The van der Waals surface area contributed by atoms with E-state index in [1.165, 1.54) is 24.3 Å². The molecule has 0 bridgehead atoms. The maximum Gasteiger partial charge on any atom is 0.335 e. The van der Waals surface area contributed by atoms with Gasteiger partial charge in [0, 0.05) is 30.5 Å². The maximum absolute atomic E-state index is 15.7. The van der Waals surface area contributed by atoms with Gasteiger partial charge in [-0.1, -0.05) is 35.9 Å². The largest absolute Gasteiger partial charge is 0.478 e. The number of benzene rings is 4. The molecule has 218 valence electrons. The average Bonchev–Trinajstić information content (AvgIpc) is 3.47. The summed E-state index contributed by atoms with van der Waals surface area (Å²) in [5.74, 6) is -2.07. The molecule has 10 heteroatoms. The zero-order valence-corrected chi connectivity index (χ0v) is 23.7. The first-order chi connectivity index (χ1) is 20.7. The van der Waals surface area contributed by atoms with Crippen LogP contribution in [0.1, 0.15) is 40.7 Å². The molecular weight excluding hydrogens is 578 g/mol. The summed E-state index contributed by atoms with van der Waals surface area (Å²) in [6.07, 6.45) is 1.07.